The van der Waals surface area contributed by atoms with Crippen molar-refractivity contribution in [1.29, 1.82) is 0 Å². The summed E-state index contributed by atoms with van der Waals surface area (Å²) >= 11 is 6.38. The standard InChI is InChI=1S/C31H63ClO2Si/c1-35(2,32)30-28-26-24-22-20-18-16-14-12-10-8-6-4-3-5-7-9-11-13-15-17-19-21-23-25-27-29-31(33)34/h3-30H2,1-2H3,(H,33,34). The van der Waals surface area contributed by atoms with Gasteiger partial charge in [0.25, 0.3) is 0 Å². The minimum Gasteiger partial charge on any atom is -0.481 e. The first-order valence-corrected chi connectivity index (χ1v) is 20.0. The molecule has 0 unspecified atom stereocenters. The van der Waals surface area contributed by atoms with Crippen LogP contribution in [0, 0.1) is 0 Å². The van der Waals surface area contributed by atoms with Crippen LogP contribution in [0.3, 0.4) is 0 Å². The summed E-state index contributed by atoms with van der Waals surface area (Å²) in [4.78, 5) is 10.5. The summed E-state index contributed by atoms with van der Waals surface area (Å²) in [5, 5.41) is 8.62. The molecule has 0 amide bonds. The van der Waals surface area contributed by atoms with Crippen molar-refractivity contribution in [2.45, 2.75) is 193 Å². The van der Waals surface area contributed by atoms with Crippen LogP contribution in [-0.2, 0) is 4.79 Å². The topological polar surface area (TPSA) is 37.3 Å². The van der Waals surface area contributed by atoms with E-state index in [0.29, 0.717) is 6.42 Å². The lowest BCUT2D eigenvalue weighted by Crippen LogP contribution is -2.14. The molecule has 0 aliphatic heterocycles. The Labute approximate surface area is 226 Å². The Morgan fingerprint density at radius 1 is 0.457 bits per heavy atom. The van der Waals surface area contributed by atoms with Gasteiger partial charge in [0.2, 0.25) is 0 Å². The molecule has 0 bridgehead atoms. The number of carbonyl (C=O) groups is 1. The normalized spacial score (nSPS) is 11.9. The van der Waals surface area contributed by atoms with E-state index < -0.39 is 13.4 Å². The molecule has 0 aromatic rings. The molecule has 0 atom stereocenters. The summed E-state index contributed by atoms with van der Waals surface area (Å²) in [5.41, 5.74) is 0. The van der Waals surface area contributed by atoms with Crippen LogP contribution in [0.1, 0.15) is 173 Å². The Bertz CT molecular complexity index is 436. The van der Waals surface area contributed by atoms with Crippen molar-refractivity contribution in [3.63, 3.8) is 0 Å². The van der Waals surface area contributed by atoms with E-state index in [2.05, 4.69) is 13.1 Å². The average molecular weight is 531 g/mol. The molecule has 0 aliphatic rings. The highest BCUT2D eigenvalue weighted by atomic mass is 35.6. The maximum atomic E-state index is 10.5. The summed E-state index contributed by atoms with van der Waals surface area (Å²) < 4.78 is 0. The summed E-state index contributed by atoms with van der Waals surface area (Å²) in [7, 11) is -1.32. The van der Waals surface area contributed by atoms with E-state index in [1.165, 1.54) is 160 Å². The van der Waals surface area contributed by atoms with Crippen molar-refractivity contribution in [2.24, 2.45) is 0 Å². The van der Waals surface area contributed by atoms with E-state index in [1.807, 2.05) is 0 Å². The third kappa shape index (κ3) is 34.0. The minimum atomic E-state index is -1.32. The molecule has 0 saturated carbocycles. The largest absolute Gasteiger partial charge is 0.481 e. The molecule has 0 heterocycles. The lowest BCUT2D eigenvalue weighted by atomic mass is 10.0. The van der Waals surface area contributed by atoms with Crippen LogP contribution in [0.15, 0.2) is 0 Å². The van der Waals surface area contributed by atoms with Crippen LogP contribution >= 0.6 is 11.1 Å². The first-order chi connectivity index (χ1) is 16.9. The molecule has 0 saturated heterocycles. The zero-order valence-corrected chi connectivity index (χ0v) is 25.8. The fourth-order valence-electron chi connectivity index (χ4n) is 5.06. The number of halogens is 1. The Kier molecular flexibility index (Phi) is 27.0. The van der Waals surface area contributed by atoms with Crippen LogP contribution in [0.5, 0.6) is 0 Å². The molecule has 0 aliphatic carbocycles. The Morgan fingerprint density at radius 2 is 0.657 bits per heavy atom. The van der Waals surface area contributed by atoms with Crippen LogP contribution in [0.25, 0.3) is 0 Å². The molecule has 4 heteroatoms. The van der Waals surface area contributed by atoms with Crippen molar-refractivity contribution in [3.05, 3.63) is 0 Å². The van der Waals surface area contributed by atoms with Gasteiger partial charge in [-0.2, -0.15) is 11.1 Å². The highest BCUT2D eigenvalue weighted by Gasteiger charge is 2.15. The maximum absolute atomic E-state index is 10.5. The molecule has 1 N–H and O–H groups in total. The minimum absolute atomic E-state index is 0.344. The van der Waals surface area contributed by atoms with Crippen LogP contribution < -0.4 is 0 Å². The van der Waals surface area contributed by atoms with Gasteiger partial charge in [0.15, 0.2) is 0 Å². The van der Waals surface area contributed by atoms with Crippen LogP contribution in [0.4, 0.5) is 0 Å². The van der Waals surface area contributed by atoms with Crippen LogP contribution in [0.2, 0.25) is 19.1 Å². The molecule has 0 radical (unpaired) electrons. The van der Waals surface area contributed by atoms with Gasteiger partial charge >= 0.3 is 5.97 Å². The second-order valence-corrected chi connectivity index (χ2v) is 18.8. The molecule has 0 spiro atoms. The number of carboxylic acid groups (broad SMARTS) is 1. The van der Waals surface area contributed by atoms with Gasteiger partial charge in [-0.15, -0.1) is 0 Å². The predicted molar refractivity (Wildman–Crippen MR) is 160 cm³/mol. The van der Waals surface area contributed by atoms with E-state index in [4.69, 9.17) is 16.2 Å². The van der Waals surface area contributed by atoms with Gasteiger partial charge in [-0.3, -0.25) is 4.79 Å². The Balaban J connectivity index is 3.05. The zero-order valence-electron chi connectivity index (χ0n) is 24.0. The van der Waals surface area contributed by atoms with Gasteiger partial charge < -0.3 is 5.11 Å². The average Bonchev–Trinajstić information content (AvgIpc) is 2.80. The fraction of sp³-hybridized carbons (Fsp3) is 0.968. The number of unbranched alkanes of at least 4 members (excludes halogenated alkanes) is 25. The van der Waals surface area contributed by atoms with E-state index in [1.54, 1.807) is 0 Å². The predicted octanol–water partition coefficient (Wildman–Crippen LogP) is 12.0. The third-order valence-corrected chi connectivity index (χ3v) is 9.52. The number of aliphatic carboxylic acids is 1. The first kappa shape index (κ1) is 35.0. The van der Waals surface area contributed by atoms with Crippen molar-refractivity contribution >= 4 is 24.4 Å². The van der Waals surface area contributed by atoms with Crippen molar-refractivity contribution in [1.82, 2.24) is 0 Å². The lowest BCUT2D eigenvalue weighted by molar-refractivity contribution is -0.137. The van der Waals surface area contributed by atoms with E-state index in [0.717, 1.165) is 12.8 Å². The molecule has 0 fully saturated rings. The van der Waals surface area contributed by atoms with Crippen molar-refractivity contribution in [3.8, 4) is 0 Å². The van der Waals surface area contributed by atoms with Crippen molar-refractivity contribution < 1.29 is 9.90 Å². The summed E-state index contributed by atoms with van der Waals surface area (Å²) in [6.07, 6.45) is 36.2. The molecular formula is C31H63ClO2Si. The molecule has 0 aromatic heterocycles. The Hall–Kier alpha value is -0.0231. The molecule has 2 nitrogen and oxygen atoms in total. The van der Waals surface area contributed by atoms with Gasteiger partial charge in [-0.05, 0) is 12.5 Å². The van der Waals surface area contributed by atoms with E-state index in [9.17, 15) is 4.79 Å². The maximum Gasteiger partial charge on any atom is 0.303 e. The zero-order chi connectivity index (χ0) is 25.9. The Morgan fingerprint density at radius 3 is 0.857 bits per heavy atom. The van der Waals surface area contributed by atoms with Crippen LogP contribution in [-0.4, -0.2) is 18.5 Å². The molecule has 0 rings (SSSR count). The summed E-state index contributed by atoms with van der Waals surface area (Å²) in [6.45, 7) is 4.53. The molecule has 0 aromatic carbocycles. The van der Waals surface area contributed by atoms with E-state index >= 15 is 0 Å². The smallest absolute Gasteiger partial charge is 0.303 e. The molecule has 35 heavy (non-hydrogen) atoms. The second kappa shape index (κ2) is 27.0. The van der Waals surface area contributed by atoms with Gasteiger partial charge in [-0.1, -0.05) is 174 Å². The number of hydrogen-bond donors (Lipinski definition) is 1. The molecule has 210 valence electrons. The fourth-order valence-corrected chi connectivity index (χ4v) is 6.56. The third-order valence-electron chi connectivity index (χ3n) is 7.41. The lowest BCUT2D eigenvalue weighted by Gasteiger charge is -2.11. The number of rotatable bonds is 29. The SMILES string of the molecule is C[Si](C)(Cl)CCCCCCCCCCCCCCCCCCCCCCCCCCCCC(=O)O. The summed E-state index contributed by atoms with van der Waals surface area (Å²) in [5.74, 6) is -0.650. The van der Waals surface area contributed by atoms with Gasteiger partial charge in [0.1, 0.15) is 7.38 Å². The second-order valence-electron chi connectivity index (χ2n) is 11.8. The highest BCUT2D eigenvalue weighted by molar-refractivity contribution is 7.19. The summed E-state index contributed by atoms with van der Waals surface area (Å²) in [6, 6.07) is 1.29. The van der Waals surface area contributed by atoms with Crippen molar-refractivity contribution in [2.75, 3.05) is 0 Å². The quantitative estimate of drug-likeness (QED) is 0.0592. The van der Waals surface area contributed by atoms with Gasteiger partial charge in [-0.25, -0.2) is 0 Å². The number of hydrogen-bond acceptors (Lipinski definition) is 1. The highest BCUT2D eigenvalue weighted by Crippen LogP contribution is 2.20. The van der Waals surface area contributed by atoms with E-state index in [-0.39, 0.29) is 0 Å². The molecular weight excluding hydrogens is 468 g/mol. The van der Waals surface area contributed by atoms with Gasteiger partial charge in [0.05, 0.1) is 0 Å². The first-order valence-electron chi connectivity index (χ1n) is 15.8. The number of carboxylic acids is 1. The monoisotopic (exact) mass is 530 g/mol. The van der Waals surface area contributed by atoms with Gasteiger partial charge in [0, 0.05) is 6.42 Å².